The van der Waals surface area contributed by atoms with Gasteiger partial charge in [0.1, 0.15) is 5.82 Å². The van der Waals surface area contributed by atoms with Crippen LogP contribution in [0.15, 0.2) is 87.8 Å². The highest BCUT2D eigenvalue weighted by Gasteiger charge is 2.22. The quantitative estimate of drug-likeness (QED) is 0.0632. The van der Waals surface area contributed by atoms with E-state index in [9.17, 15) is 0 Å². The first kappa shape index (κ1) is 33.1. The van der Waals surface area contributed by atoms with Gasteiger partial charge in [0, 0.05) is 31.0 Å². The van der Waals surface area contributed by atoms with Crippen molar-refractivity contribution in [2.45, 2.75) is 65.2 Å². The summed E-state index contributed by atoms with van der Waals surface area (Å²) in [6, 6.07) is 26.8. The third-order valence-corrected chi connectivity index (χ3v) is 9.58. The second kappa shape index (κ2) is 15.4. The Balaban J connectivity index is 1.56. The Kier molecular flexibility index (Phi) is 10.8. The number of fused-ring (bicyclic) bond motifs is 6. The zero-order valence-corrected chi connectivity index (χ0v) is 30.2. The van der Waals surface area contributed by atoms with Crippen molar-refractivity contribution in [1.82, 2.24) is 9.55 Å². The molecule has 0 bridgehead atoms. The first-order valence-electron chi connectivity index (χ1n) is 16.6. The van der Waals surface area contributed by atoms with E-state index in [4.69, 9.17) is 21.0 Å². The van der Waals surface area contributed by atoms with E-state index >= 15 is 0 Å². The van der Waals surface area contributed by atoms with Crippen LogP contribution in [0.1, 0.15) is 65.2 Å². The van der Waals surface area contributed by atoms with Crippen LogP contribution in [0.4, 0.5) is 5.69 Å². The molecule has 0 atom stereocenters. The van der Waals surface area contributed by atoms with E-state index in [2.05, 4.69) is 104 Å². The third kappa shape index (κ3) is 7.20. The third-order valence-electron chi connectivity index (χ3n) is 8.59. The molecule has 47 heavy (non-hydrogen) atoms. The number of benzene rings is 5. The van der Waals surface area contributed by atoms with Crippen LogP contribution in [-0.4, -0.2) is 22.8 Å². The second-order valence-corrected chi connectivity index (χ2v) is 13.8. The van der Waals surface area contributed by atoms with Gasteiger partial charge < -0.3 is 9.47 Å². The van der Waals surface area contributed by atoms with E-state index in [-0.39, 0.29) is 0 Å². The zero-order chi connectivity index (χ0) is 32.8. The number of hydrogen-bond donors (Lipinski definition) is 0. The number of nitrogens with zero attached hydrogens (tertiary/aromatic N) is 3. The van der Waals surface area contributed by atoms with Crippen molar-refractivity contribution in [1.29, 1.82) is 0 Å². The number of rotatable bonds is 14. The molecule has 0 amide bonds. The van der Waals surface area contributed by atoms with Gasteiger partial charge in [-0.15, -0.1) is 0 Å². The molecule has 0 saturated heterocycles. The van der Waals surface area contributed by atoms with Gasteiger partial charge in [0.2, 0.25) is 0 Å². The van der Waals surface area contributed by atoms with Crippen molar-refractivity contribution in [3.05, 3.63) is 99.2 Å². The number of aromatic nitrogens is 2. The first-order valence-corrected chi connectivity index (χ1v) is 18.2. The molecule has 5 aromatic carbocycles. The van der Waals surface area contributed by atoms with Crippen molar-refractivity contribution in [2.24, 2.45) is 0 Å². The standard InChI is InChI=1S/C40H39Br2N3O2/c1-4-6-8-10-22-46-36-21-12-27(24-37(36)47-23-11-9-7-5-2)40-44-38-34-25-28(41)13-19-32(34)33-20-14-29(42)26-35(33)39(38)45(40)31-17-15-30(43-3)16-18-31/h12-21,24-26H,4-11,22-23H2,1-2H3. The molecule has 1 heterocycles. The Hall–Kier alpha value is -3.86. The normalized spacial score (nSPS) is 11.4. The lowest BCUT2D eigenvalue weighted by molar-refractivity contribution is 0.259. The molecule has 0 N–H and O–H groups in total. The summed E-state index contributed by atoms with van der Waals surface area (Å²) in [6.45, 7) is 13.3. The van der Waals surface area contributed by atoms with E-state index in [1.54, 1.807) is 0 Å². The van der Waals surface area contributed by atoms with Gasteiger partial charge in [-0.3, -0.25) is 4.57 Å². The molecular formula is C40H39Br2N3O2. The summed E-state index contributed by atoms with van der Waals surface area (Å²) < 4.78 is 17.0. The molecule has 0 saturated carbocycles. The Bertz CT molecular complexity index is 2060. The minimum absolute atomic E-state index is 0.598. The fourth-order valence-electron chi connectivity index (χ4n) is 6.17. The highest BCUT2D eigenvalue weighted by molar-refractivity contribution is 9.10. The van der Waals surface area contributed by atoms with Crippen molar-refractivity contribution in [3.8, 4) is 28.6 Å². The molecule has 0 aliphatic rings. The molecule has 0 spiro atoms. The maximum atomic E-state index is 7.53. The van der Waals surface area contributed by atoms with Crippen molar-refractivity contribution in [2.75, 3.05) is 13.2 Å². The summed E-state index contributed by atoms with van der Waals surface area (Å²) in [7, 11) is 0. The van der Waals surface area contributed by atoms with Gasteiger partial charge in [0.05, 0.1) is 30.8 Å². The summed E-state index contributed by atoms with van der Waals surface area (Å²) in [5.41, 5.74) is 4.39. The van der Waals surface area contributed by atoms with E-state index in [0.29, 0.717) is 18.9 Å². The van der Waals surface area contributed by atoms with E-state index in [1.165, 1.54) is 25.7 Å². The van der Waals surface area contributed by atoms with Gasteiger partial charge >= 0.3 is 0 Å². The maximum absolute atomic E-state index is 7.53. The van der Waals surface area contributed by atoms with Gasteiger partial charge in [-0.05, 0) is 78.2 Å². The fourth-order valence-corrected chi connectivity index (χ4v) is 6.90. The molecule has 6 rings (SSSR count). The van der Waals surface area contributed by atoms with E-state index in [0.717, 1.165) is 95.8 Å². The number of hydrogen-bond acceptors (Lipinski definition) is 3. The average Bonchev–Trinajstić information content (AvgIpc) is 3.50. The van der Waals surface area contributed by atoms with Crippen LogP contribution >= 0.6 is 31.9 Å². The lowest BCUT2D eigenvalue weighted by atomic mass is 10.00. The molecule has 0 unspecified atom stereocenters. The Labute approximate surface area is 294 Å². The predicted molar refractivity (Wildman–Crippen MR) is 202 cm³/mol. The SMILES string of the molecule is [C-]#[N+]c1ccc(-n2c(-c3ccc(OCCCCCC)c(OCCCCCC)c3)nc3c4cc(Br)ccc4c4ccc(Br)cc4c32)cc1. The molecule has 0 aliphatic heterocycles. The molecule has 0 fully saturated rings. The second-order valence-electron chi connectivity index (χ2n) is 12.0. The number of halogens is 2. The van der Waals surface area contributed by atoms with Crippen LogP contribution in [-0.2, 0) is 0 Å². The minimum atomic E-state index is 0.598. The number of ether oxygens (including phenoxy) is 2. The van der Waals surface area contributed by atoms with Gasteiger partial charge in [-0.1, -0.05) is 108 Å². The van der Waals surface area contributed by atoms with Gasteiger partial charge in [-0.25, -0.2) is 9.83 Å². The smallest absolute Gasteiger partial charge is 0.187 e. The zero-order valence-electron chi connectivity index (χ0n) is 27.0. The molecular weight excluding hydrogens is 714 g/mol. The van der Waals surface area contributed by atoms with E-state index in [1.807, 2.05) is 30.3 Å². The van der Waals surface area contributed by atoms with Crippen LogP contribution in [0, 0.1) is 6.57 Å². The summed E-state index contributed by atoms with van der Waals surface area (Å²) in [5.74, 6) is 2.32. The van der Waals surface area contributed by atoms with Crippen molar-refractivity contribution >= 4 is 70.1 Å². The minimum Gasteiger partial charge on any atom is -0.490 e. The van der Waals surface area contributed by atoms with Gasteiger partial charge in [0.25, 0.3) is 0 Å². The predicted octanol–water partition coefficient (Wildman–Crippen LogP) is 13.0. The molecule has 1 aromatic heterocycles. The summed E-state index contributed by atoms with van der Waals surface area (Å²) in [5, 5.41) is 4.46. The molecule has 5 nitrogen and oxygen atoms in total. The molecule has 6 aromatic rings. The molecule has 7 heteroatoms. The highest BCUT2D eigenvalue weighted by Crippen LogP contribution is 2.42. The summed E-state index contributed by atoms with van der Waals surface area (Å²) >= 11 is 7.45. The van der Waals surface area contributed by atoms with E-state index < -0.39 is 0 Å². The Morgan fingerprint density at radius 2 is 1.28 bits per heavy atom. The fraction of sp³-hybridized carbons (Fsp3) is 0.300. The van der Waals surface area contributed by atoms with Gasteiger partial charge in [-0.2, -0.15) is 0 Å². The Morgan fingerprint density at radius 3 is 1.91 bits per heavy atom. The molecule has 0 radical (unpaired) electrons. The Morgan fingerprint density at radius 1 is 0.660 bits per heavy atom. The van der Waals surface area contributed by atoms with Crippen molar-refractivity contribution < 1.29 is 9.47 Å². The van der Waals surface area contributed by atoms with Crippen LogP contribution in [0.5, 0.6) is 11.5 Å². The highest BCUT2D eigenvalue weighted by atomic mass is 79.9. The first-order chi connectivity index (χ1) is 23.0. The lowest BCUT2D eigenvalue weighted by Crippen LogP contribution is -2.04. The van der Waals surface area contributed by atoms with Crippen molar-refractivity contribution in [3.63, 3.8) is 0 Å². The topological polar surface area (TPSA) is 40.6 Å². The largest absolute Gasteiger partial charge is 0.490 e. The van der Waals surface area contributed by atoms with Crippen LogP contribution in [0.3, 0.4) is 0 Å². The van der Waals surface area contributed by atoms with Gasteiger partial charge in [0.15, 0.2) is 17.2 Å². The lowest BCUT2D eigenvalue weighted by Gasteiger charge is -2.16. The molecule has 0 aliphatic carbocycles. The summed E-state index contributed by atoms with van der Waals surface area (Å²) in [6.07, 6.45) is 9.12. The average molecular weight is 754 g/mol. The van der Waals surface area contributed by atoms with Crippen LogP contribution < -0.4 is 9.47 Å². The summed E-state index contributed by atoms with van der Waals surface area (Å²) in [4.78, 5) is 9.05. The van der Waals surface area contributed by atoms with Crippen LogP contribution in [0.2, 0.25) is 0 Å². The number of imidazole rings is 1. The monoisotopic (exact) mass is 751 g/mol. The maximum Gasteiger partial charge on any atom is 0.187 e. The molecule has 240 valence electrons. The number of unbranched alkanes of at least 4 members (excludes halogenated alkanes) is 6. The van der Waals surface area contributed by atoms with Crippen LogP contribution in [0.25, 0.3) is 54.5 Å².